The van der Waals surface area contributed by atoms with Crippen molar-refractivity contribution in [2.24, 2.45) is 0 Å². The third-order valence-electron chi connectivity index (χ3n) is 1.55. The molecule has 0 radical (unpaired) electrons. The third kappa shape index (κ3) is 7.39. The minimum atomic E-state index is -0.550. The van der Waals surface area contributed by atoms with E-state index in [2.05, 4.69) is 4.74 Å². The first-order chi connectivity index (χ1) is 9.29. The highest BCUT2D eigenvalue weighted by Crippen LogP contribution is 2.18. The molecule has 1 aliphatic rings. The van der Waals surface area contributed by atoms with Gasteiger partial charge in [-0.05, 0) is 12.1 Å². The van der Waals surface area contributed by atoms with E-state index in [0.29, 0.717) is 11.1 Å². The van der Waals surface area contributed by atoms with Gasteiger partial charge in [-0.2, -0.15) is 0 Å². The van der Waals surface area contributed by atoms with Gasteiger partial charge in [-0.1, -0.05) is 67.5 Å². The van der Waals surface area contributed by atoms with Crippen LogP contribution in [-0.4, -0.2) is 11.9 Å². The van der Waals surface area contributed by atoms with Crippen LogP contribution >= 0.6 is 0 Å². The molecule has 0 saturated carbocycles. The monoisotopic (exact) mass is 268 g/mol. The molecule has 0 fully saturated rings. The van der Waals surface area contributed by atoms with Crippen molar-refractivity contribution in [3.05, 3.63) is 35.4 Å². The minimum absolute atomic E-state index is 0.359. The minimum Gasteiger partial charge on any atom is -0.386 e. The Labute approximate surface area is 118 Å². The Bertz CT molecular complexity index is 311. The number of cyclic esters (lactones) is 2. The van der Waals surface area contributed by atoms with Crippen molar-refractivity contribution < 1.29 is 14.3 Å². The molecule has 0 amide bonds. The first kappa shape index (κ1) is 22.5. The molecule has 0 unspecified atom stereocenters. The Balaban J connectivity index is -0.000000278. The summed E-state index contributed by atoms with van der Waals surface area (Å²) >= 11 is 0. The van der Waals surface area contributed by atoms with E-state index in [0.717, 1.165) is 0 Å². The van der Waals surface area contributed by atoms with E-state index in [9.17, 15) is 9.59 Å². The third-order valence-corrected chi connectivity index (χ3v) is 1.55. The van der Waals surface area contributed by atoms with E-state index in [1.807, 2.05) is 55.4 Å². The van der Waals surface area contributed by atoms with E-state index in [4.69, 9.17) is 0 Å². The van der Waals surface area contributed by atoms with Gasteiger partial charge in [-0.15, -0.1) is 0 Å². The Morgan fingerprint density at radius 1 is 0.632 bits per heavy atom. The summed E-state index contributed by atoms with van der Waals surface area (Å²) in [5.41, 5.74) is 0.718. The van der Waals surface area contributed by atoms with Gasteiger partial charge in [0, 0.05) is 0 Å². The van der Waals surface area contributed by atoms with Crippen molar-refractivity contribution in [1.29, 1.82) is 0 Å². The second kappa shape index (κ2) is 16.4. The first-order valence-electron chi connectivity index (χ1n) is 7.14. The molecule has 0 N–H and O–H groups in total. The van der Waals surface area contributed by atoms with E-state index in [-0.39, 0.29) is 0 Å². The lowest BCUT2D eigenvalue weighted by Crippen LogP contribution is -1.96. The molecular formula is C16H28O3. The lowest BCUT2D eigenvalue weighted by atomic mass is 10.1. The lowest BCUT2D eigenvalue weighted by Gasteiger charge is -1.86. The van der Waals surface area contributed by atoms with Crippen LogP contribution in [0.5, 0.6) is 0 Å². The van der Waals surface area contributed by atoms with E-state index in [1.54, 1.807) is 24.3 Å². The fourth-order valence-electron chi connectivity index (χ4n) is 1.03. The van der Waals surface area contributed by atoms with Gasteiger partial charge in [0.25, 0.3) is 0 Å². The molecule has 1 aromatic rings. The van der Waals surface area contributed by atoms with E-state index in [1.165, 1.54) is 0 Å². The normalized spacial score (nSPS) is 9.68. The Morgan fingerprint density at radius 3 is 1.16 bits per heavy atom. The molecule has 0 spiro atoms. The van der Waals surface area contributed by atoms with Gasteiger partial charge in [0.2, 0.25) is 0 Å². The summed E-state index contributed by atoms with van der Waals surface area (Å²) in [7, 11) is 0. The summed E-state index contributed by atoms with van der Waals surface area (Å²) in [6, 6.07) is 6.53. The number of hydrogen-bond donors (Lipinski definition) is 0. The lowest BCUT2D eigenvalue weighted by molar-refractivity contribution is 0.0444. The number of fused-ring (bicyclic) bond motifs is 1. The zero-order valence-electron chi connectivity index (χ0n) is 13.5. The highest BCUT2D eigenvalue weighted by molar-refractivity contribution is 6.14. The molecule has 110 valence electrons. The quantitative estimate of drug-likeness (QED) is 0.485. The maximum atomic E-state index is 10.8. The molecule has 1 heterocycles. The number of rotatable bonds is 0. The molecule has 3 heteroatoms. The molecule has 0 atom stereocenters. The van der Waals surface area contributed by atoms with Gasteiger partial charge in [0.15, 0.2) is 0 Å². The molecule has 0 aromatic heterocycles. The molecule has 0 bridgehead atoms. The second-order valence-corrected chi connectivity index (χ2v) is 2.22. The van der Waals surface area contributed by atoms with Gasteiger partial charge in [0.1, 0.15) is 0 Å². The van der Waals surface area contributed by atoms with Crippen LogP contribution in [0, 0.1) is 0 Å². The maximum Gasteiger partial charge on any atom is 0.346 e. The van der Waals surface area contributed by atoms with Crippen LogP contribution in [-0.2, 0) is 4.74 Å². The van der Waals surface area contributed by atoms with Gasteiger partial charge in [-0.3, -0.25) is 0 Å². The average molecular weight is 268 g/mol. The largest absolute Gasteiger partial charge is 0.386 e. The van der Waals surface area contributed by atoms with Crippen molar-refractivity contribution in [3.8, 4) is 0 Å². The summed E-state index contributed by atoms with van der Waals surface area (Å²) in [4.78, 5) is 21.7. The average Bonchev–Trinajstić information content (AvgIpc) is 2.83. The smallest absolute Gasteiger partial charge is 0.346 e. The molecule has 3 nitrogen and oxygen atoms in total. The topological polar surface area (TPSA) is 43.4 Å². The van der Waals surface area contributed by atoms with Crippen LogP contribution in [0.1, 0.15) is 76.1 Å². The van der Waals surface area contributed by atoms with Gasteiger partial charge in [0.05, 0.1) is 11.1 Å². The Hall–Kier alpha value is -1.64. The number of carbonyl (C=O) groups excluding carboxylic acids is 2. The number of carbonyl (C=O) groups is 2. The summed E-state index contributed by atoms with van der Waals surface area (Å²) < 4.78 is 4.35. The SMILES string of the molecule is CC.CC.CC.CC.O=C1OC(=O)c2ccccc21. The van der Waals surface area contributed by atoms with Crippen molar-refractivity contribution in [2.75, 3.05) is 0 Å². The summed E-state index contributed by atoms with van der Waals surface area (Å²) in [6.45, 7) is 16.0. The fourth-order valence-corrected chi connectivity index (χ4v) is 1.03. The van der Waals surface area contributed by atoms with Crippen LogP contribution in [0.4, 0.5) is 0 Å². The predicted octanol–water partition coefficient (Wildman–Crippen LogP) is 5.10. The van der Waals surface area contributed by atoms with Crippen LogP contribution in [0.15, 0.2) is 24.3 Å². The molecule has 0 aliphatic carbocycles. The summed E-state index contributed by atoms with van der Waals surface area (Å²) in [5.74, 6) is -1.10. The number of benzene rings is 1. The second-order valence-electron chi connectivity index (χ2n) is 2.22. The maximum absolute atomic E-state index is 10.8. The van der Waals surface area contributed by atoms with E-state index >= 15 is 0 Å². The van der Waals surface area contributed by atoms with Crippen molar-refractivity contribution in [2.45, 2.75) is 55.4 Å². The summed E-state index contributed by atoms with van der Waals surface area (Å²) in [6.07, 6.45) is 0. The van der Waals surface area contributed by atoms with Crippen LogP contribution in [0.25, 0.3) is 0 Å². The summed E-state index contributed by atoms with van der Waals surface area (Å²) in [5, 5.41) is 0. The highest BCUT2D eigenvalue weighted by Gasteiger charge is 2.28. The molecular weight excluding hydrogens is 240 g/mol. The zero-order valence-corrected chi connectivity index (χ0v) is 13.5. The fraction of sp³-hybridized carbons (Fsp3) is 0.500. The number of hydrogen-bond acceptors (Lipinski definition) is 3. The van der Waals surface area contributed by atoms with Crippen molar-refractivity contribution >= 4 is 11.9 Å². The molecule has 2 rings (SSSR count). The first-order valence-corrected chi connectivity index (χ1v) is 7.14. The Kier molecular flexibility index (Phi) is 19.4. The highest BCUT2D eigenvalue weighted by atomic mass is 16.6. The van der Waals surface area contributed by atoms with Crippen LogP contribution < -0.4 is 0 Å². The molecule has 19 heavy (non-hydrogen) atoms. The number of ether oxygens (including phenoxy) is 1. The predicted molar refractivity (Wildman–Crippen MR) is 81.6 cm³/mol. The van der Waals surface area contributed by atoms with Gasteiger partial charge >= 0.3 is 11.9 Å². The Morgan fingerprint density at radius 2 is 0.895 bits per heavy atom. The van der Waals surface area contributed by atoms with Crippen molar-refractivity contribution in [3.63, 3.8) is 0 Å². The zero-order chi connectivity index (χ0) is 15.8. The molecule has 1 aliphatic heterocycles. The van der Waals surface area contributed by atoms with Crippen molar-refractivity contribution in [1.82, 2.24) is 0 Å². The molecule has 1 aromatic carbocycles. The molecule has 0 saturated heterocycles. The van der Waals surface area contributed by atoms with Crippen LogP contribution in [0.2, 0.25) is 0 Å². The van der Waals surface area contributed by atoms with E-state index < -0.39 is 11.9 Å². The van der Waals surface area contributed by atoms with Gasteiger partial charge in [-0.25, -0.2) is 9.59 Å². The number of esters is 2. The van der Waals surface area contributed by atoms with Gasteiger partial charge < -0.3 is 4.74 Å². The standard InChI is InChI=1S/C8H4O3.4C2H6/c9-7-5-3-1-2-4-6(5)8(10)11-7;4*1-2/h1-4H;4*1-2H3. The van der Waals surface area contributed by atoms with Crippen LogP contribution in [0.3, 0.4) is 0 Å².